The molecule has 2 rings (SSSR count). The fourth-order valence-electron chi connectivity index (χ4n) is 1.74. The molecule has 0 saturated carbocycles. The molecule has 9 heteroatoms. The molecule has 0 amide bonds. The van der Waals surface area contributed by atoms with Crippen molar-refractivity contribution < 1.29 is 5.11 Å². The van der Waals surface area contributed by atoms with Crippen molar-refractivity contribution in [2.45, 2.75) is 26.3 Å². The number of anilines is 2. The van der Waals surface area contributed by atoms with E-state index in [4.69, 9.17) is 10.8 Å². The Kier molecular flexibility index (Phi) is 4.41. The molecule has 2 aromatic heterocycles. The van der Waals surface area contributed by atoms with Crippen LogP contribution in [0, 0.1) is 5.92 Å². The van der Waals surface area contributed by atoms with Crippen molar-refractivity contribution in [3.63, 3.8) is 0 Å². The first kappa shape index (κ1) is 14.1. The first-order valence-electron chi connectivity index (χ1n) is 6.34. The summed E-state index contributed by atoms with van der Waals surface area (Å²) in [5.74, 6) is 1.06. The molecule has 0 spiro atoms. The lowest BCUT2D eigenvalue weighted by atomic mass is 10.0. The number of hydrogen-bond donors (Lipinski definition) is 3. The summed E-state index contributed by atoms with van der Waals surface area (Å²) >= 11 is 0. The largest absolute Gasteiger partial charge is 0.396 e. The minimum absolute atomic E-state index is 0.0467. The number of hydrogen-bond acceptors (Lipinski definition) is 8. The molecule has 2 heterocycles. The number of aliphatic hydroxyl groups excluding tert-OH is 1. The maximum absolute atomic E-state index is 9.08. The molecule has 1 unspecified atom stereocenters. The zero-order valence-electron chi connectivity index (χ0n) is 11.4. The SMILES string of the molecule is CC(C)C(CCO)Nc1nc(N)nc(-n2cncn2)n1. The van der Waals surface area contributed by atoms with Crippen molar-refractivity contribution in [3.05, 3.63) is 12.7 Å². The number of nitrogens with one attached hydrogen (secondary N) is 1. The Hall–Kier alpha value is -2.29. The third kappa shape index (κ3) is 3.38. The number of aliphatic hydroxyl groups is 1. The molecule has 108 valence electrons. The van der Waals surface area contributed by atoms with E-state index in [2.05, 4.69) is 44.2 Å². The fourth-order valence-corrected chi connectivity index (χ4v) is 1.74. The average Bonchev–Trinajstić information content (AvgIpc) is 2.91. The van der Waals surface area contributed by atoms with Gasteiger partial charge in [-0.25, -0.2) is 4.98 Å². The van der Waals surface area contributed by atoms with E-state index >= 15 is 0 Å². The first-order valence-corrected chi connectivity index (χ1v) is 6.34. The van der Waals surface area contributed by atoms with Crippen molar-refractivity contribution in [2.75, 3.05) is 17.7 Å². The van der Waals surface area contributed by atoms with Gasteiger partial charge in [0.1, 0.15) is 12.7 Å². The Bertz CT molecular complexity index is 541. The quantitative estimate of drug-likeness (QED) is 0.665. The van der Waals surface area contributed by atoms with Gasteiger partial charge in [0, 0.05) is 12.6 Å². The van der Waals surface area contributed by atoms with E-state index < -0.39 is 0 Å². The second-order valence-corrected chi connectivity index (χ2v) is 4.66. The van der Waals surface area contributed by atoms with Crippen LogP contribution < -0.4 is 11.1 Å². The zero-order valence-corrected chi connectivity index (χ0v) is 11.4. The third-order valence-electron chi connectivity index (χ3n) is 2.82. The van der Waals surface area contributed by atoms with E-state index in [0.717, 1.165) is 0 Å². The molecule has 0 aliphatic heterocycles. The predicted octanol–water partition coefficient (Wildman–Crippen LogP) is -0.147. The highest BCUT2D eigenvalue weighted by Gasteiger charge is 2.15. The number of nitrogens with zero attached hydrogens (tertiary/aromatic N) is 6. The first-order chi connectivity index (χ1) is 9.60. The van der Waals surface area contributed by atoms with Gasteiger partial charge in [-0.15, -0.1) is 0 Å². The maximum atomic E-state index is 9.08. The molecular formula is C11H18N8O. The van der Waals surface area contributed by atoms with Gasteiger partial charge in [0.2, 0.25) is 11.9 Å². The van der Waals surface area contributed by atoms with E-state index in [-0.39, 0.29) is 18.6 Å². The standard InChI is InChI=1S/C11H18N8O/c1-7(2)8(3-4-20)15-10-16-9(12)17-11(18-10)19-6-13-5-14-19/h5-8,20H,3-4H2,1-2H3,(H3,12,15,16,17,18). The minimum atomic E-state index is 0.0467. The molecule has 0 aliphatic carbocycles. The number of aromatic nitrogens is 6. The minimum Gasteiger partial charge on any atom is -0.396 e. The van der Waals surface area contributed by atoms with Gasteiger partial charge in [0.25, 0.3) is 5.95 Å². The molecular weight excluding hydrogens is 260 g/mol. The van der Waals surface area contributed by atoms with Crippen molar-refractivity contribution in [2.24, 2.45) is 5.92 Å². The van der Waals surface area contributed by atoms with Gasteiger partial charge in [-0.1, -0.05) is 13.8 Å². The van der Waals surface area contributed by atoms with E-state index in [1.807, 2.05) is 0 Å². The van der Waals surface area contributed by atoms with E-state index in [0.29, 0.717) is 24.2 Å². The monoisotopic (exact) mass is 278 g/mol. The van der Waals surface area contributed by atoms with Crippen molar-refractivity contribution in [3.8, 4) is 5.95 Å². The van der Waals surface area contributed by atoms with Crippen molar-refractivity contribution in [1.82, 2.24) is 29.7 Å². The Labute approximate surface area is 116 Å². The molecule has 4 N–H and O–H groups in total. The lowest BCUT2D eigenvalue weighted by Gasteiger charge is -2.21. The summed E-state index contributed by atoms with van der Waals surface area (Å²) in [6.45, 7) is 4.19. The van der Waals surface area contributed by atoms with Crippen LogP contribution in [-0.2, 0) is 0 Å². The van der Waals surface area contributed by atoms with Crippen molar-refractivity contribution in [1.29, 1.82) is 0 Å². The summed E-state index contributed by atoms with van der Waals surface area (Å²) in [5.41, 5.74) is 5.68. The summed E-state index contributed by atoms with van der Waals surface area (Å²) in [6.07, 6.45) is 3.46. The van der Waals surface area contributed by atoms with Gasteiger partial charge < -0.3 is 16.2 Å². The van der Waals surface area contributed by atoms with Crippen LogP contribution in [0.1, 0.15) is 20.3 Å². The van der Waals surface area contributed by atoms with Crippen LogP contribution in [0.25, 0.3) is 5.95 Å². The van der Waals surface area contributed by atoms with Gasteiger partial charge >= 0.3 is 0 Å². The highest BCUT2D eigenvalue weighted by molar-refractivity contribution is 5.35. The summed E-state index contributed by atoms with van der Waals surface area (Å²) in [5, 5.41) is 16.2. The Balaban J connectivity index is 2.23. The Morgan fingerprint density at radius 3 is 2.75 bits per heavy atom. The molecule has 0 bridgehead atoms. The molecule has 9 nitrogen and oxygen atoms in total. The summed E-state index contributed by atoms with van der Waals surface area (Å²) in [7, 11) is 0. The summed E-state index contributed by atoms with van der Waals surface area (Å²) in [4.78, 5) is 16.1. The van der Waals surface area contributed by atoms with Gasteiger partial charge in [0.05, 0.1) is 0 Å². The molecule has 0 radical (unpaired) electrons. The number of nitrogen functional groups attached to an aromatic ring is 1. The van der Waals surface area contributed by atoms with Crippen LogP contribution in [0.2, 0.25) is 0 Å². The lowest BCUT2D eigenvalue weighted by molar-refractivity contribution is 0.267. The number of nitrogens with two attached hydrogens (primary N) is 1. The smallest absolute Gasteiger partial charge is 0.258 e. The molecule has 0 fully saturated rings. The second-order valence-electron chi connectivity index (χ2n) is 4.66. The van der Waals surface area contributed by atoms with Crippen LogP contribution in [0.15, 0.2) is 12.7 Å². The Morgan fingerprint density at radius 2 is 2.15 bits per heavy atom. The molecule has 2 aromatic rings. The number of rotatable bonds is 6. The normalized spacial score (nSPS) is 12.6. The van der Waals surface area contributed by atoms with E-state index in [1.165, 1.54) is 17.3 Å². The molecule has 0 aromatic carbocycles. The van der Waals surface area contributed by atoms with Gasteiger partial charge in [-0.3, -0.25) is 0 Å². The van der Waals surface area contributed by atoms with Crippen LogP contribution >= 0.6 is 0 Å². The third-order valence-corrected chi connectivity index (χ3v) is 2.82. The van der Waals surface area contributed by atoms with Crippen LogP contribution in [-0.4, -0.2) is 47.5 Å². The van der Waals surface area contributed by atoms with Gasteiger partial charge in [0.15, 0.2) is 0 Å². The zero-order chi connectivity index (χ0) is 14.5. The van der Waals surface area contributed by atoms with Crippen LogP contribution in [0.3, 0.4) is 0 Å². The van der Waals surface area contributed by atoms with Gasteiger partial charge in [-0.05, 0) is 12.3 Å². The topological polar surface area (TPSA) is 128 Å². The molecule has 0 aliphatic rings. The van der Waals surface area contributed by atoms with E-state index in [1.54, 1.807) is 0 Å². The van der Waals surface area contributed by atoms with Crippen LogP contribution in [0.4, 0.5) is 11.9 Å². The Morgan fingerprint density at radius 1 is 1.35 bits per heavy atom. The van der Waals surface area contributed by atoms with Crippen LogP contribution in [0.5, 0.6) is 0 Å². The van der Waals surface area contributed by atoms with Gasteiger partial charge in [-0.2, -0.15) is 24.7 Å². The predicted molar refractivity (Wildman–Crippen MR) is 73.1 cm³/mol. The van der Waals surface area contributed by atoms with E-state index in [9.17, 15) is 0 Å². The maximum Gasteiger partial charge on any atom is 0.258 e. The molecule has 0 saturated heterocycles. The fraction of sp³-hybridized carbons (Fsp3) is 0.545. The second kappa shape index (κ2) is 6.24. The molecule has 20 heavy (non-hydrogen) atoms. The molecule has 1 atom stereocenters. The lowest BCUT2D eigenvalue weighted by Crippen LogP contribution is -2.28. The summed E-state index contributed by atoms with van der Waals surface area (Å²) < 4.78 is 1.40. The highest BCUT2D eigenvalue weighted by Crippen LogP contribution is 2.13. The van der Waals surface area contributed by atoms with Crippen molar-refractivity contribution >= 4 is 11.9 Å². The highest BCUT2D eigenvalue weighted by atomic mass is 16.3. The summed E-state index contributed by atoms with van der Waals surface area (Å²) in [6, 6.07) is 0.0467. The average molecular weight is 278 g/mol.